The number of nitrogens with one attached hydrogen (secondary N) is 2. The van der Waals surface area contributed by atoms with Gasteiger partial charge in [-0.25, -0.2) is 15.8 Å². The van der Waals surface area contributed by atoms with Crippen molar-refractivity contribution >= 4 is 11.6 Å². The number of hydrogen-bond acceptors (Lipinski definition) is 5. The van der Waals surface area contributed by atoms with Crippen LogP contribution in [0.3, 0.4) is 0 Å². The summed E-state index contributed by atoms with van der Waals surface area (Å²) in [7, 11) is 0. The van der Waals surface area contributed by atoms with E-state index in [9.17, 15) is 0 Å². The highest BCUT2D eigenvalue weighted by molar-refractivity contribution is 5.57. The Labute approximate surface area is 121 Å². The van der Waals surface area contributed by atoms with Crippen molar-refractivity contribution in [3.8, 4) is 0 Å². The summed E-state index contributed by atoms with van der Waals surface area (Å²) < 4.78 is 0. The second-order valence-electron chi connectivity index (χ2n) is 6.82. The second kappa shape index (κ2) is 5.56. The van der Waals surface area contributed by atoms with E-state index in [0.29, 0.717) is 11.8 Å². The van der Waals surface area contributed by atoms with Gasteiger partial charge in [-0.3, -0.25) is 0 Å². The summed E-state index contributed by atoms with van der Waals surface area (Å²) in [5.41, 5.74) is 3.89. The van der Waals surface area contributed by atoms with Gasteiger partial charge in [-0.15, -0.1) is 0 Å². The average Bonchev–Trinajstić information content (AvgIpc) is 3.21. The molecule has 1 aliphatic rings. The van der Waals surface area contributed by atoms with Crippen LogP contribution in [0.2, 0.25) is 0 Å². The molecule has 0 unspecified atom stereocenters. The van der Waals surface area contributed by atoms with E-state index >= 15 is 0 Å². The molecule has 0 saturated heterocycles. The number of hydrogen-bond donors (Lipinski definition) is 3. The van der Waals surface area contributed by atoms with Gasteiger partial charge in [0.1, 0.15) is 17.5 Å². The second-order valence-corrected chi connectivity index (χ2v) is 6.82. The van der Waals surface area contributed by atoms with Gasteiger partial charge in [-0.05, 0) is 31.1 Å². The van der Waals surface area contributed by atoms with Crippen LogP contribution < -0.4 is 16.6 Å². The molecule has 1 heterocycles. The number of anilines is 2. The normalized spacial score (nSPS) is 15.6. The molecular weight excluding hydrogens is 250 g/mol. The molecule has 1 aromatic rings. The minimum Gasteiger partial charge on any atom is -0.369 e. The van der Waals surface area contributed by atoms with Crippen LogP contribution in [0.25, 0.3) is 0 Å². The van der Waals surface area contributed by atoms with E-state index in [1.807, 2.05) is 6.92 Å². The minimum absolute atomic E-state index is 0.216. The van der Waals surface area contributed by atoms with E-state index < -0.39 is 0 Å². The summed E-state index contributed by atoms with van der Waals surface area (Å²) in [4.78, 5) is 9.19. The lowest BCUT2D eigenvalue weighted by Gasteiger charge is -2.30. The average molecular weight is 277 g/mol. The lowest BCUT2D eigenvalue weighted by Crippen LogP contribution is -2.29. The maximum Gasteiger partial charge on any atom is 0.148 e. The van der Waals surface area contributed by atoms with E-state index in [1.54, 1.807) is 0 Å². The molecule has 0 atom stereocenters. The molecule has 5 nitrogen and oxygen atoms in total. The van der Waals surface area contributed by atoms with Crippen molar-refractivity contribution in [1.29, 1.82) is 0 Å². The van der Waals surface area contributed by atoms with Crippen LogP contribution in [0.1, 0.15) is 57.8 Å². The minimum atomic E-state index is 0.216. The van der Waals surface area contributed by atoms with Crippen molar-refractivity contribution in [3.05, 3.63) is 11.4 Å². The first-order valence-electron chi connectivity index (χ1n) is 7.44. The van der Waals surface area contributed by atoms with Crippen molar-refractivity contribution in [3.63, 3.8) is 0 Å². The van der Waals surface area contributed by atoms with Crippen LogP contribution >= 0.6 is 0 Å². The van der Waals surface area contributed by atoms with Gasteiger partial charge in [0.05, 0.1) is 0 Å². The van der Waals surface area contributed by atoms with Gasteiger partial charge < -0.3 is 10.7 Å². The Morgan fingerprint density at radius 2 is 1.85 bits per heavy atom. The quantitative estimate of drug-likeness (QED) is 0.550. The fourth-order valence-electron chi connectivity index (χ4n) is 1.89. The number of aromatic nitrogens is 2. The van der Waals surface area contributed by atoms with E-state index in [4.69, 9.17) is 5.84 Å². The van der Waals surface area contributed by atoms with Gasteiger partial charge in [-0.2, -0.15) is 0 Å². The molecule has 0 amide bonds. The third kappa shape index (κ3) is 3.20. The molecule has 0 radical (unpaired) electrons. The third-order valence-corrected chi connectivity index (χ3v) is 4.52. The zero-order valence-corrected chi connectivity index (χ0v) is 13.2. The maximum absolute atomic E-state index is 5.57. The molecule has 0 aromatic carbocycles. The molecule has 1 fully saturated rings. The fourth-order valence-corrected chi connectivity index (χ4v) is 1.89. The lowest BCUT2D eigenvalue weighted by molar-refractivity contribution is 0.269. The number of hydrazine groups is 1. The predicted octanol–water partition coefficient (Wildman–Crippen LogP) is 3.04. The number of nitrogens with zero attached hydrogens (tertiary/aromatic N) is 2. The predicted molar refractivity (Wildman–Crippen MR) is 83.7 cm³/mol. The zero-order valence-electron chi connectivity index (χ0n) is 13.2. The summed E-state index contributed by atoms with van der Waals surface area (Å²) in [6.45, 7) is 11.9. The Kier molecular flexibility index (Phi) is 4.18. The first-order chi connectivity index (χ1) is 9.35. The van der Waals surface area contributed by atoms with Crippen molar-refractivity contribution in [1.82, 2.24) is 9.97 Å². The van der Waals surface area contributed by atoms with Crippen molar-refractivity contribution in [2.75, 3.05) is 17.3 Å². The largest absolute Gasteiger partial charge is 0.369 e. The Balaban J connectivity index is 2.20. The van der Waals surface area contributed by atoms with Crippen LogP contribution in [0, 0.1) is 18.3 Å². The molecule has 112 valence electrons. The van der Waals surface area contributed by atoms with E-state index in [-0.39, 0.29) is 5.41 Å². The molecule has 4 N–H and O–H groups in total. The van der Waals surface area contributed by atoms with Crippen molar-refractivity contribution < 1.29 is 0 Å². The Hall–Kier alpha value is -1.36. The Morgan fingerprint density at radius 3 is 2.35 bits per heavy atom. The van der Waals surface area contributed by atoms with Crippen LogP contribution in [-0.4, -0.2) is 16.5 Å². The van der Waals surface area contributed by atoms with Crippen LogP contribution in [-0.2, 0) is 0 Å². The summed E-state index contributed by atoms with van der Waals surface area (Å²) in [5, 5.41) is 3.49. The van der Waals surface area contributed by atoms with E-state index in [0.717, 1.165) is 29.6 Å². The molecule has 2 rings (SSSR count). The van der Waals surface area contributed by atoms with Gasteiger partial charge in [0.25, 0.3) is 0 Å². The van der Waals surface area contributed by atoms with E-state index in [1.165, 1.54) is 12.8 Å². The summed E-state index contributed by atoms with van der Waals surface area (Å²) in [6.07, 6.45) is 2.37. The summed E-state index contributed by atoms with van der Waals surface area (Å²) in [6, 6.07) is 0. The molecule has 0 aliphatic heterocycles. The fraction of sp³-hybridized carbons (Fsp3) is 0.733. The first kappa shape index (κ1) is 15.0. The smallest absolute Gasteiger partial charge is 0.148 e. The summed E-state index contributed by atoms with van der Waals surface area (Å²) >= 11 is 0. The molecule has 0 bridgehead atoms. The molecule has 20 heavy (non-hydrogen) atoms. The van der Waals surface area contributed by atoms with Gasteiger partial charge >= 0.3 is 0 Å². The van der Waals surface area contributed by atoms with Gasteiger partial charge in [0, 0.05) is 18.0 Å². The number of rotatable bonds is 6. The highest BCUT2D eigenvalue weighted by Crippen LogP contribution is 2.39. The van der Waals surface area contributed by atoms with Crippen molar-refractivity contribution in [2.45, 2.75) is 53.4 Å². The van der Waals surface area contributed by atoms with Gasteiger partial charge in [0.2, 0.25) is 0 Å². The monoisotopic (exact) mass is 277 g/mol. The molecule has 1 aromatic heterocycles. The Bertz CT molecular complexity index is 477. The van der Waals surface area contributed by atoms with Crippen LogP contribution in [0.15, 0.2) is 0 Å². The van der Waals surface area contributed by atoms with Crippen LogP contribution in [0.5, 0.6) is 0 Å². The summed E-state index contributed by atoms with van der Waals surface area (Å²) in [5.74, 6) is 9.24. The molecule has 1 saturated carbocycles. The topological polar surface area (TPSA) is 75.9 Å². The standard InChI is InChI=1S/C15H27N5/c1-9(2)15(4,5)8-17-12-10(3)13(20-16)19-14(18-12)11-6-7-11/h9,11H,6-8,16H2,1-5H3,(H2,17,18,19,20). The molecule has 0 spiro atoms. The highest BCUT2D eigenvalue weighted by Gasteiger charge is 2.29. The van der Waals surface area contributed by atoms with Gasteiger partial charge in [0.15, 0.2) is 0 Å². The zero-order chi connectivity index (χ0) is 14.9. The van der Waals surface area contributed by atoms with Crippen molar-refractivity contribution in [2.24, 2.45) is 17.2 Å². The van der Waals surface area contributed by atoms with Gasteiger partial charge in [-0.1, -0.05) is 27.7 Å². The SMILES string of the molecule is Cc1c(NN)nc(C2CC2)nc1NCC(C)(C)C(C)C. The maximum atomic E-state index is 5.57. The van der Waals surface area contributed by atoms with E-state index in [2.05, 4.69) is 48.4 Å². The Morgan fingerprint density at radius 1 is 1.25 bits per heavy atom. The molecular formula is C15H27N5. The third-order valence-electron chi connectivity index (χ3n) is 4.52. The number of nitrogens with two attached hydrogens (primary N) is 1. The van der Waals surface area contributed by atoms with Crippen LogP contribution in [0.4, 0.5) is 11.6 Å². The first-order valence-corrected chi connectivity index (χ1v) is 7.44. The molecule has 5 heteroatoms. The lowest BCUT2D eigenvalue weighted by atomic mass is 9.81. The molecule has 1 aliphatic carbocycles. The number of nitrogen functional groups attached to an aromatic ring is 1. The highest BCUT2D eigenvalue weighted by atomic mass is 15.3.